The van der Waals surface area contributed by atoms with E-state index in [0.29, 0.717) is 13.0 Å². The van der Waals surface area contributed by atoms with Crippen molar-refractivity contribution in [3.8, 4) is 0 Å². The van der Waals surface area contributed by atoms with Gasteiger partial charge in [-0.25, -0.2) is 0 Å². The lowest BCUT2D eigenvalue weighted by Gasteiger charge is -2.31. The van der Waals surface area contributed by atoms with Gasteiger partial charge in [0.1, 0.15) is 0 Å². The Kier molecular flexibility index (Phi) is 4.17. The predicted octanol–water partition coefficient (Wildman–Crippen LogP) is 2.76. The average molecular weight is 257 g/mol. The molecule has 0 saturated heterocycles. The minimum absolute atomic E-state index is 0.177. The lowest BCUT2D eigenvalue weighted by molar-refractivity contribution is -0.137. The van der Waals surface area contributed by atoms with E-state index in [1.165, 1.54) is 0 Å². The molecule has 0 spiro atoms. The maximum Gasteiger partial charge on any atom is 0.303 e. The quantitative estimate of drug-likeness (QED) is 0.852. The number of carbonyl (C=O) groups is 1. The van der Waals surface area contributed by atoms with Gasteiger partial charge in [0, 0.05) is 18.4 Å². The summed E-state index contributed by atoms with van der Waals surface area (Å²) in [5, 5.41) is 8.93. The van der Waals surface area contributed by atoms with Crippen molar-refractivity contribution in [3.05, 3.63) is 59.7 Å². The normalized spacial score (nSPS) is 21.5. The second-order valence-corrected chi connectivity index (χ2v) is 4.94. The van der Waals surface area contributed by atoms with Gasteiger partial charge in [0.25, 0.3) is 0 Å². The third kappa shape index (κ3) is 3.12. The van der Waals surface area contributed by atoms with Crippen LogP contribution < -0.4 is 5.73 Å². The average Bonchev–Trinajstić information content (AvgIpc) is 2.46. The number of aliphatic carboxylic acids is 1. The molecular formula is C16H19NO2. The van der Waals surface area contributed by atoms with Gasteiger partial charge in [0.2, 0.25) is 0 Å². The first-order chi connectivity index (χ1) is 9.16. The zero-order valence-corrected chi connectivity index (χ0v) is 10.9. The lowest BCUT2D eigenvalue weighted by Crippen LogP contribution is -2.25. The van der Waals surface area contributed by atoms with Crippen molar-refractivity contribution in [2.75, 3.05) is 0 Å². The standard InChI is InChI=1S/C16H19NO2/c17-12-13-4-6-14(7-5-13)16(11-8-15(18)19)9-2-1-3-10-16/h1-7,9H,8,10-12,17H2,(H,18,19). The van der Waals surface area contributed by atoms with Crippen LogP contribution in [0.5, 0.6) is 0 Å². The second kappa shape index (κ2) is 5.85. The van der Waals surface area contributed by atoms with Gasteiger partial charge in [-0.3, -0.25) is 4.79 Å². The van der Waals surface area contributed by atoms with Crippen LogP contribution in [0.1, 0.15) is 30.4 Å². The molecule has 0 radical (unpaired) electrons. The zero-order valence-electron chi connectivity index (χ0n) is 10.9. The van der Waals surface area contributed by atoms with Gasteiger partial charge in [-0.15, -0.1) is 0 Å². The van der Waals surface area contributed by atoms with E-state index in [-0.39, 0.29) is 11.8 Å². The van der Waals surface area contributed by atoms with E-state index in [4.69, 9.17) is 10.8 Å². The molecule has 0 fully saturated rings. The van der Waals surface area contributed by atoms with Gasteiger partial charge in [-0.2, -0.15) is 0 Å². The summed E-state index contributed by atoms with van der Waals surface area (Å²) in [5.41, 5.74) is 7.66. The second-order valence-electron chi connectivity index (χ2n) is 4.94. The largest absolute Gasteiger partial charge is 0.481 e. The molecular weight excluding hydrogens is 238 g/mol. The summed E-state index contributed by atoms with van der Waals surface area (Å²) in [7, 11) is 0. The fourth-order valence-electron chi connectivity index (χ4n) is 2.51. The molecule has 0 amide bonds. The van der Waals surface area contributed by atoms with Crippen LogP contribution in [0.15, 0.2) is 48.6 Å². The molecule has 0 bridgehead atoms. The SMILES string of the molecule is NCc1ccc(C2(CCC(=O)O)C=CC=CC2)cc1. The van der Waals surface area contributed by atoms with E-state index in [1.807, 2.05) is 24.3 Å². The Labute approximate surface area is 113 Å². The molecule has 0 aromatic heterocycles. The number of carboxylic acids is 1. The Hall–Kier alpha value is -1.87. The number of hydrogen-bond donors (Lipinski definition) is 2. The lowest BCUT2D eigenvalue weighted by atomic mass is 9.72. The van der Waals surface area contributed by atoms with Crippen molar-refractivity contribution < 1.29 is 9.90 Å². The molecule has 1 unspecified atom stereocenters. The first kappa shape index (κ1) is 13.6. The Morgan fingerprint density at radius 1 is 1.26 bits per heavy atom. The van der Waals surface area contributed by atoms with Gasteiger partial charge in [-0.05, 0) is 24.0 Å². The highest BCUT2D eigenvalue weighted by Crippen LogP contribution is 2.37. The molecule has 19 heavy (non-hydrogen) atoms. The molecule has 1 aliphatic carbocycles. The zero-order chi connectivity index (χ0) is 13.7. The summed E-state index contributed by atoms with van der Waals surface area (Å²) < 4.78 is 0. The fraction of sp³-hybridized carbons (Fsp3) is 0.312. The monoisotopic (exact) mass is 257 g/mol. The van der Waals surface area contributed by atoms with Gasteiger partial charge < -0.3 is 10.8 Å². The first-order valence-electron chi connectivity index (χ1n) is 6.52. The molecule has 0 saturated carbocycles. The van der Waals surface area contributed by atoms with E-state index in [9.17, 15) is 4.79 Å². The summed E-state index contributed by atoms with van der Waals surface area (Å²) >= 11 is 0. The predicted molar refractivity (Wildman–Crippen MR) is 75.8 cm³/mol. The maximum absolute atomic E-state index is 10.9. The third-order valence-electron chi connectivity index (χ3n) is 3.69. The molecule has 1 aromatic rings. The molecule has 1 aliphatic rings. The Balaban J connectivity index is 2.28. The van der Waals surface area contributed by atoms with Gasteiger partial charge >= 0.3 is 5.97 Å². The number of allylic oxidation sites excluding steroid dienone is 4. The van der Waals surface area contributed by atoms with E-state index in [1.54, 1.807) is 0 Å². The Morgan fingerprint density at radius 2 is 2.00 bits per heavy atom. The van der Waals surface area contributed by atoms with E-state index >= 15 is 0 Å². The topological polar surface area (TPSA) is 63.3 Å². The minimum atomic E-state index is -0.749. The van der Waals surface area contributed by atoms with E-state index < -0.39 is 5.97 Å². The summed E-state index contributed by atoms with van der Waals surface area (Å²) in [4.78, 5) is 10.9. The van der Waals surface area contributed by atoms with Crippen LogP contribution in [0.25, 0.3) is 0 Å². The molecule has 0 aliphatic heterocycles. The molecule has 1 atom stereocenters. The number of hydrogen-bond acceptors (Lipinski definition) is 2. The van der Waals surface area contributed by atoms with Crippen LogP contribution in [0.2, 0.25) is 0 Å². The van der Waals surface area contributed by atoms with Crippen LogP contribution in [-0.2, 0) is 16.8 Å². The molecule has 2 rings (SSSR count). The highest BCUT2D eigenvalue weighted by Gasteiger charge is 2.29. The fourth-order valence-corrected chi connectivity index (χ4v) is 2.51. The van der Waals surface area contributed by atoms with Crippen LogP contribution in [-0.4, -0.2) is 11.1 Å². The maximum atomic E-state index is 10.9. The first-order valence-corrected chi connectivity index (χ1v) is 6.52. The van der Waals surface area contributed by atoms with E-state index in [0.717, 1.165) is 17.5 Å². The van der Waals surface area contributed by atoms with Crippen LogP contribution in [0.4, 0.5) is 0 Å². The van der Waals surface area contributed by atoms with Gasteiger partial charge in [0.15, 0.2) is 0 Å². The highest BCUT2D eigenvalue weighted by molar-refractivity contribution is 5.67. The third-order valence-corrected chi connectivity index (χ3v) is 3.69. The molecule has 0 heterocycles. The highest BCUT2D eigenvalue weighted by atomic mass is 16.4. The van der Waals surface area contributed by atoms with Crippen molar-refractivity contribution in [3.63, 3.8) is 0 Å². The summed E-state index contributed by atoms with van der Waals surface area (Å²) in [6.07, 6.45) is 9.86. The molecule has 3 heteroatoms. The Morgan fingerprint density at radius 3 is 2.53 bits per heavy atom. The molecule has 3 nitrogen and oxygen atoms in total. The molecule has 100 valence electrons. The number of carboxylic acid groups (broad SMARTS) is 1. The number of benzene rings is 1. The summed E-state index contributed by atoms with van der Waals surface area (Å²) in [5.74, 6) is -0.749. The number of rotatable bonds is 5. The summed E-state index contributed by atoms with van der Waals surface area (Å²) in [6.45, 7) is 0.526. The van der Waals surface area contributed by atoms with Crippen molar-refractivity contribution in [1.29, 1.82) is 0 Å². The molecule has 3 N–H and O–H groups in total. The van der Waals surface area contributed by atoms with Crippen LogP contribution >= 0.6 is 0 Å². The van der Waals surface area contributed by atoms with Gasteiger partial charge in [0.05, 0.1) is 0 Å². The van der Waals surface area contributed by atoms with Crippen LogP contribution in [0.3, 0.4) is 0 Å². The molecule has 1 aromatic carbocycles. The number of nitrogens with two attached hydrogens (primary N) is 1. The van der Waals surface area contributed by atoms with Crippen LogP contribution in [0, 0.1) is 0 Å². The van der Waals surface area contributed by atoms with Crippen molar-refractivity contribution in [2.45, 2.75) is 31.2 Å². The minimum Gasteiger partial charge on any atom is -0.481 e. The van der Waals surface area contributed by atoms with Crippen molar-refractivity contribution >= 4 is 5.97 Å². The van der Waals surface area contributed by atoms with Crippen molar-refractivity contribution in [2.24, 2.45) is 5.73 Å². The van der Waals surface area contributed by atoms with Gasteiger partial charge in [-0.1, -0.05) is 48.6 Å². The Bertz CT molecular complexity index is 502. The summed E-state index contributed by atoms with van der Waals surface area (Å²) in [6, 6.07) is 8.16. The smallest absolute Gasteiger partial charge is 0.303 e. The van der Waals surface area contributed by atoms with Crippen molar-refractivity contribution in [1.82, 2.24) is 0 Å². The van der Waals surface area contributed by atoms with E-state index in [2.05, 4.69) is 24.3 Å².